The Kier molecular flexibility index (Phi) is 6.38. The number of alkyl halides is 1. The van der Waals surface area contributed by atoms with Crippen LogP contribution < -0.4 is 5.32 Å². The molecule has 1 aromatic carbocycles. The Bertz CT molecular complexity index is 368. The van der Waals surface area contributed by atoms with Crippen LogP contribution >= 0.6 is 11.6 Å². The predicted molar refractivity (Wildman–Crippen MR) is 88.5 cm³/mol. The van der Waals surface area contributed by atoms with Gasteiger partial charge in [0.1, 0.15) is 0 Å². The second-order valence-corrected chi connectivity index (χ2v) is 6.73. The van der Waals surface area contributed by atoms with E-state index in [0.29, 0.717) is 0 Å². The molecule has 0 spiro atoms. The zero-order valence-electron chi connectivity index (χ0n) is 12.7. The molecule has 1 aromatic rings. The van der Waals surface area contributed by atoms with Crippen molar-refractivity contribution in [2.75, 3.05) is 12.4 Å². The average Bonchev–Trinajstić information content (AvgIpc) is 2.50. The standard InChI is InChI=1S/C18H28ClN/c1-16-10-12-18(15-19,13-11-16)20-14-6-5-9-17-7-3-2-4-8-17/h2-4,7-8,16,20H,5-6,9-15H2,1H3. The Hall–Kier alpha value is -0.530. The first kappa shape index (κ1) is 15.9. The number of unbranched alkanes of at least 4 members (excludes halogenated alkanes) is 1. The molecule has 0 atom stereocenters. The molecule has 1 aliphatic rings. The van der Waals surface area contributed by atoms with E-state index in [1.165, 1.54) is 50.5 Å². The van der Waals surface area contributed by atoms with Crippen molar-refractivity contribution in [3.05, 3.63) is 35.9 Å². The van der Waals surface area contributed by atoms with Crippen LogP contribution in [-0.2, 0) is 6.42 Å². The van der Waals surface area contributed by atoms with Crippen molar-refractivity contribution in [3.63, 3.8) is 0 Å². The normalized spacial score (nSPS) is 26.6. The molecule has 1 N–H and O–H groups in total. The highest BCUT2D eigenvalue weighted by Crippen LogP contribution is 2.32. The first-order valence-electron chi connectivity index (χ1n) is 8.09. The summed E-state index contributed by atoms with van der Waals surface area (Å²) < 4.78 is 0. The average molecular weight is 294 g/mol. The molecule has 1 saturated carbocycles. The smallest absolute Gasteiger partial charge is 0.0406 e. The lowest BCUT2D eigenvalue weighted by Gasteiger charge is -2.39. The molecule has 1 aliphatic carbocycles. The molecule has 112 valence electrons. The Labute approximate surface area is 129 Å². The van der Waals surface area contributed by atoms with Crippen LogP contribution in [0, 0.1) is 5.92 Å². The van der Waals surface area contributed by atoms with Crippen LogP contribution in [0.15, 0.2) is 30.3 Å². The van der Waals surface area contributed by atoms with Crippen LogP contribution in [0.25, 0.3) is 0 Å². The highest BCUT2D eigenvalue weighted by atomic mass is 35.5. The van der Waals surface area contributed by atoms with E-state index in [2.05, 4.69) is 42.6 Å². The molecule has 0 heterocycles. The van der Waals surface area contributed by atoms with Crippen molar-refractivity contribution in [1.82, 2.24) is 5.32 Å². The van der Waals surface area contributed by atoms with E-state index >= 15 is 0 Å². The summed E-state index contributed by atoms with van der Waals surface area (Å²) in [6.07, 6.45) is 8.82. The molecule has 0 aliphatic heterocycles. The third kappa shape index (κ3) is 4.79. The Morgan fingerprint density at radius 3 is 2.50 bits per heavy atom. The third-order valence-electron chi connectivity index (χ3n) is 4.72. The largest absolute Gasteiger partial charge is 0.310 e. The number of rotatable bonds is 7. The van der Waals surface area contributed by atoms with E-state index in [9.17, 15) is 0 Å². The molecule has 0 amide bonds. The summed E-state index contributed by atoms with van der Waals surface area (Å²) in [5, 5.41) is 3.76. The zero-order valence-corrected chi connectivity index (χ0v) is 13.5. The fourth-order valence-electron chi connectivity index (χ4n) is 3.12. The fourth-order valence-corrected chi connectivity index (χ4v) is 3.49. The molecule has 2 rings (SSSR count). The second-order valence-electron chi connectivity index (χ2n) is 6.47. The first-order chi connectivity index (χ1) is 9.74. The van der Waals surface area contributed by atoms with Crippen LogP contribution in [0.1, 0.15) is 51.0 Å². The maximum atomic E-state index is 6.23. The maximum absolute atomic E-state index is 6.23. The summed E-state index contributed by atoms with van der Waals surface area (Å²) in [5.41, 5.74) is 1.67. The van der Waals surface area contributed by atoms with Crippen molar-refractivity contribution in [2.24, 2.45) is 5.92 Å². The van der Waals surface area contributed by atoms with Crippen LogP contribution in [0.4, 0.5) is 0 Å². The molecule has 2 heteroatoms. The number of halogens is 1. The van der Waals surface area contributed by atoms with Gasteiger partial charge < -0.3 is 5.32 Å². The van der Waals surface area contributed by atoms with Gasteiger partial charge in [-0.05, 0) is 63.0 Å². The summed E-state index contributed by atoms with van der Waals surface area (Å²) in [5.74, 6) is 1.64. The molecule has 0 unspecified atom stereocenters. The van der Waals surface area contributed by atoms with Gasteiger partial charge in [-0.3, -0.25) is 0 Å². The van der Waals surface area contributed by atoms with Gasteiger partial charge in [-0.25, -0.2) is 0 Å². The second kappa shape index (κ2) is 8.05. The van der Waals surface area contributed by atoms with E-state index in [4.69, 9.17) is 11.6 Å². The molecule has 0 bridgehead atoms. The van der Waals surface area contributed by atoms with E-state index in [1.807, 2.05) is 0 Å². The quantitative estimate of drug-likeness (QED) is 0.563. The van der Waals surface area contributed by atoms with E-state index in [-0.39, 0.29) is 5.54 Å². The van der Waals surface area contributed by atoms with Gasteiger partial charge in [-0.1, -0.05) is 37.3 Å². The topological polar surface area (TPSA) is 12.0 Å². The Morgan fingerprint density at radius 1 is 1.15 bits per heavy atom. The van der Waals surface area contributed by atoms with Crippen LogP contribution in [0.3, 0.4) is 0 Å². The minimum Gasteiger partial charge on any atom is -0.310 e. The lowest BCUT2D eigenvalue weighted by Crippen LogP contribution is -2.49. The highest BCUT2D eigenvalue weighted by molar-refractivity contribution is 6.18. The lowest BCUT2D eigenvalue weighted by molar-refractivity contribution is 0.217. The fraction of sp³-hybridized carbons (Fsp3) is 0.667. The molecule has 0 aromatic heterocycles. The van der Waals surface area contributed by atoms with Crippen molar-refractivity contribution in [2.45, 2.75) is 57.4 Å². The van der Waals surface area contributed by atoms with E-state index in [0.717, 1.165) is 18.3 Å². The summed E-state index contributed by atoms with van der Waals surface area (Å²) >= 11 is 6.23. The van der Waals surface area contributed by atoms with Crippen LogP contribution in [0.5, 0.6) is 0 Å². The van der Waals surface area contributed by atoms with Gasteiger partial charge >= 0.3 is 0 Å². The van der Waals surface area contributed by atoms with Crippen LogP contribution in [-0.4, -0.2) is 18.0 Å². The molecular weight excluding hydrogens is 266 g/mol. The molecule has 1 fully saturated rings. The van der Waals surface area contributed by atoms with E-state index in [1.54, 1.807) is 0 Å². The predicted octanol–water partition coefficient (Wildman–Crippen LogP) is 4.79. The Balaban J connectivity index is 1.64. The van der Waals surface area contributed by atoms with Crippen molar-refractivity contribution >= 4 is 11.6 Å². The molecule has 1 nitrogen and oxygen atoms in total. The van der Waals surface area contributed by atoms with Crippen molar-refractivity contribution in [1.29, 1.82) is 0 Å². The summed E-state index contributed by atoms with van der Waals surface area (Å²) in [6.45, 7) is 3.46. The third-order valence-corrected chi connectivity index (χ3v) is 5.23. The number of nitrogens with one attached hydrogen (secondary N) is 1. The molecule has 0 radical (unpaired) electrons. The molecule has 20 heavy (non-hydrogen) atoms. The summed E-state index contributed by atoms with van der Waals surface area (Å²) in [6, 6.07) is 10.8. The number of aryl methyl sites for hydroxylation is 1. The first-order valence-corrected chi connectivity index (χ1v) is 8.62. The van der Waals surface area contributed by atoms with Gasteiger partial charge in [0.05, 0.1) is 0 Å². The number of hydrogen-bond donors (Lipinski definition) is 1. The Morgan fingerprint density at radius 2 is 1.85 bits per heavy atom. The molecule has 0 saturated heterocycles. The van der Waals surface area contributed by atoms with Gasteiger partial charge in [0, 0.05) is 11.4 Å². The zero-order chi connectivity index (χ0) is 14.3. The van der Waals surface area contributed by atoms with Crippen LogP contribution in [0.2, 0.25) is 0 Å². The van der Waals surface area contributed by atoms with Gasteiger partial charge in [-0.2, -0.15) is 0 Å². The summed E-state index contributed by atoms with van der Waals surface area (Å²) in [4.78, 5) is 0. The van der Waals surface area contributed by atoms with Gasteiger partial charge in [0.2, 0.25) is 0 Å². The van der Waals surface area contributed by atoms with Gasteiger partial charge in [0.25, 0.3) is 0 Å². The lowest BCUT2D eigenvalue weighted by atomic mass is 9.78. The number of benzene rings is 1. The minimum absolute atomic E-state index is 0.223. The van der Waals surface area contributed by atoms with Crippen molar-refractivity contribution < 1.29 is 0 Å². The maximum Gasteiger partial charge on any atom is 0.0406 e. The number of hydrogen-bond acceptors (Lipinski definition) is 1. The van der Waals surface area contributed by atoms with Crippen molar-refractivity contribution in [3.8, 4) is 0 Å². The highest BCUT2D eigenvalue weighted by Gasteiger charge is 2.32. The van der Waals surface area contributed by atoms with E-state index < -0.39 is 0 Å². The summed E-state index contributed by atoms with van der Waals surface area (Å²) in [7, 11) is 0. The van der Waals surface area contributed by atoms with Gasteiger partial charge in [-0.15, -0.1) is 11.6 Å². The SMILES string of the molecule is CC1CCC(CCl)(NCCCCc2ccccc2)CC1. The monoisotopic (exact) mass is 293 g/mol. The van der Waals surface area contributed by atoms with Gasteiger partial charge in [0.15, 0.2) is 0 Å². The minimum atomic E-state index is 0.223. The molecular formula is C18H28ClN.